The Morgan fingerprint density at radius 1 is 0.381 bits per heavy atom. The van der Waals surface area contributed by atoms with Gasteiger partial charge in [0.2, 0.25) is 0 Å². The Morgan fingerprint density at radius 3 is 0.857 bits per heavy atom. The van der Waals surface area contributed by atoms with Gasteiger partial charge in [-0.3, -0.25) is 0 Å². The summed E-state index contributed by atoms with van der Waals surface area (Å²) in [6, 6.07) is 39.8. The molecule has 0 unspecified atom stereocenters. The molecule has 0 saturated carbocycles. The van der Waals surface area contributed by atoms with Gasteiger partial charge in [0.1, 0.15) is 0 Å². The van der Waals surface area contributed by atoms with Crippen LogP contribution >= 0.6 is 39.4 Å². The van der Waals surface area contributed by atoms with Gasteiger partial charge in [-0.25, -0.2) is 17.6 Å². The van der Waals surface area contributed by atoms with Crippen LogP contribution in [0.25, 0.3) is 0 Å². The summed E-state index contributed by atoms with van der Waals surface area (Å²) in [4.78, 5) is -1.19. The fourth-order valence-electron chi connectivity index (χ4n) is 4.57. The first-order valence-corrected chi connectivity index (χ1v) is 18.4. The van der Waals surface area contributed by atoms with E-state index in [2.05, 4.69) is 0 Å². The first-order chi connectivity index (χ1) is 20.5. The zero-order chi connectivity index (χ0) is 29.3. The van der Waals surface area contributed by atoms with Crippen molar-refractivity contribution < 1.29 is 17.6 Å². The van der Waals surface area contributed by atoms with Crippen molar-refractivity contribution in [2.45, 2.75) is 9.79 Å². The van der Waals surface area contributed by atoms with Gasteiger partial charge in [0.25, 0.3) is 0 Å². The fourth-order valence-corrected chi connectivity index (χ4v) is 11.8. The number of hydrogen-bond acceptors (Lipinski definition) is 2. The van der Waals surface area contributed by atoms with Crippen molar-refractivity contribution in [3.63, 3.8) is 0 Å². The Hall–Kier alpha value is -2.62. The third kappa shape index (κ3) is 7.47. The van der Waals surface area contributed by atoms with Gasteiger partial charge in [-0.15, -0.1) is 23.5 Å². The third-order valence-corrected chi connectivity index (χ3v) is 14.3. The lowest BCUT2D eigenvalue weighted by atomic mass is 10.3. The van der Waals surface area contributed by atoms with Gasteiger partial charge in [0, 0.05) is 11.5 Å². The molecule has 5 rings (SSSR count). The van der Waals surface area contributed by atoms with Gasteiger partial charge in [0.05, 0.1) is 9.79 Å². The van der Waals surface area contributed by atoms with Crippen molar-refractivity contribution in [1.29, 1.82) is 0 Å². The minimum absolute atomic E-state index is 0.313. The average Bonchev–Trinajstić information content (AvgIpc) is 3.05. The zero-order valence-corrected chi connectivity index (χ0v) is 26.0. The Kier molecular flexibility index (Phi) is 11.2. The van der Waals surface area contributed by atoms with Crippen LogP contribution in [0.15, 0.2) is 131 Å². The Labute approximate surface area is 255 Å². The lowest BCUT2D eigenvalue weighted by Crippen LogP contribution is -2.15. The standard InChI is InChI=1S/C34H28F4P2S2/c35-29-31(37)34(42-24-22-40(27-17-9-3-10-18-27)28-19-11-4-12-20-28)32(38)30(36)33(29)41-23-21-39(25-13-5-1-6-14-25)26-15-7-2-8-16-26/h1-20H,21-24H2. The topological polar surface area (TPSA) is 0 Å². The highest BCUT2D eigenvalue weighted by Gasteiger charge is 2.27. The molecule has 0 aromatic heterocycles. The molecule has 0 nitrogen and oxygen atoms in total. The summed E-state index contributed by atoms with van der Waals surface area (Å²) in [5, 5.41) is 4.54. The SMILES string of the molecule is Fc1c(F)c(SCCP(c2ccccc2)c2ccccc2)c(F)c(F)c1SCCP(c1ccccc1)c1ccccc1. The molecule has 0 atom stereocenters. The minimum Gasteiger partial charge on any atom is -0.202 e. The summed E-state index contributed by atoms with van der Waals surface area (Å²) >= 11 is 1.66. The van der Waals surface area contributed by atoms with E-state index in [0.717, 1.165) is 44.7 Å². The van der Waals surface area contributed by atoms with Gasteiger partial charge >= 0.3 is 0 Å². The maximum absolute atomic E-state index is 15.2. The van der Waals surface area contributed by atoms with Crippen molar-refractivity contribution in [2.75, 3.05) is 23.8 Å². The van der Waals surface area contributed by atoms with Crippen molar-refractivity contribution in [1.82, 2.24) is 0 Å². The molecule has 0 fully saturated rings. The summed E-state index contributed by atoms with van der Waals surface area (Å²) < 4.78 is 60.7. The molecule has 0 bridgehead atoms. The number of thioether (sulfide) groups is 2. The van der Waals surface area contributed by atoms with Gasteiger partial charge in [0.15, 0.2) is 23.3 Å². The van der Waals surface area contributed by atoms with Gasteiger partial charge < -0.3 is 0 Å². The van der Waals surface area contributed by atoms with E-state index in [1.807, 2.05) is 121 Å². The smallest absolute Gasteiger partial charge is 0.176 e. The predicted molar refractivity (Wildman–Crippen MR) is 176 cm³/mol. The maximum atomic E-state index is 15.2. The van der Waals surface area contributed by atoms with E-state index < -0.39 is 48.9 Å². The van der Waals surface area contributed by atoms with E-state index >= 15 is 17.6 Å². The molecule has 5 aromatic rings. The van der Waals surface area contributed by atoms with Crippen LogP contribution in [0.1, 0.15) is 0 Å². The van der Waals surface area contributed by atoms with Crippen molar-refractivity contribution in [2.24, 2.45) is 0 Å². The lowest BCUT2D eigenvalue weighted by Gasteiger charge is -2.19. The zero-order valence-electron chi connectivity index (χ0n) is 22.6. The lowest BCUT2D eigenvalue weighted by molar-refractivity contribution is 0.401. The summed E-state index contributed by atoms with van der Waals surface area (Å²) in [6.45, 7) is 0. The molecule has 0 N–H and O–H groups in total. The largest absolute Gasteiger partial charge is 0.202 e. The first kappa shape index (κ1) is 30.8. The molecule has 0 amide bonds. The van der Waals surface area contributed by atoms with Crippen LogP contribution in [0, 0.1) is 23.3 Å². The van der Waals surface area contributed by atoms with Gasteiger partial charge in [-0.2, -0.15) is 0 Å². The van der Waals surface area contributed by atoms with Crippen LogP contribution < -0.4 is 21.2 Å². The molecule has 8 heteroatoms. The molecule has 5 aromatic carbocycles. The highest BCUT2D eigenvalue weighted by molar-refractivity contribution is 8.00. The van der Waals surface area contributed by atoms with Crippen LogP contribution in [-0.2, 0) is 0 Å². The molecule has 214 valence electrons. The predicted octanol–water partition coefficient (Wildman–Crippen LogP) is 8.69. The second-order valence-electron chi connectivity index (χ2n) is 9.26. The van der Waals surface area contributed by atoms with Crippen molar-refractivity contribution in [3.05, 3.63) is 145 Å². The van der Waals surface area contributed by atoms with Crippen molar-refractivity contribution >= 4 is 60.6 Å². The van der Waals surface area contributed by atoms with Crippen LogP contribution in [0.4, 0.5) is 17.6 Å². The van der Waals surface area contributed by atoms with E-state index in [1.165, 1.54) is 0 Å². The summed E-state index contributed by atoms with van der Waals surface area (Å²) in [5.41, 5.74) is 0. The molecule has 42 heavy (non-hydrogen) atoms. The van der Waals surface area contributed by atoms with E-state index in [-0.39, 0.29) is 0 Å². The Balaban J connectivity index is 1.29. The third-order valence-electron chi connectivity index (χ3n) is 6.58. The van der Waals surface area contributed by atoms with E-state index in [9.17, 15) is 0 Å². The quantitative estimate of drug-likeness (QED) is 0.0581. The normalized spacial score (nSPS) is 11.4. The molecular weight excluding hydrogens is 610 g/mol. The highest BCUT2D eigenvalue weighted by atomic mass is 32.2. The molecule has 0 saturated heterocycles. The molecule has 0 radical (unpaired) electrons. The maximum Gasteiger partial charge on any atom is 0.176 e. The number of hydrogen-bond donors (Lipinski definition) is 0. The highest BCUT2D eigenvalue weighted by Crippen LogP contribution is 2.41. The molecule has 0 aliphatic carbocycles. The molecule has 0 heterocycles. The van der Waals surface area contributed by atoms with Gasteiger partial charge in [-0.1, -0.05) is 121 Å². The number of rotatable bonds is 12. The monoisotopic (exact) mass is 638 g/mol. The fraction of sp³-hybridized carbons (Fsp3) is 0.118. The Morgan fingerprint density at radius 2 is 0.619 bits per heavy atom. The summed E-state index contributed by atoms with van der Waals surface area (Å²) in [7, 11) is -1.59. The Bertz CT molecular complexity index is 1350. The van der Waals surface area contributed by atoms with Crippen molar-refractivity contribution in [3.8, 4) is 0 Å². The van der Waals surface area contributed by atoms with Crippen LogP contribution in [0.3, 0.4) is 0 Å². The number of benzene rings is 5. The average molecular weight is 639 g/mol. The summed E-state index contributed by atoms with van der Waals surface area (Å²) in [5.74, 6) is -4.66. The minimum atomic E-state index is -1.32. The van der Waals surface area contributed by atoms with Crippen LogP contribution in [-0.4, -0.2) is 23.8 Å². The molecule has 0 aliphatic heterocycles. The molecule has 0 aliphatic rings. The number of halogens is 4. The molecular formula is C34H28F4P2S2. The van der Waals surface area contributed by atoms with Gasteiger partial charge in [-0.05, 0) is 49.4 Å². The van der Waals surface area contributed by atoms with Crippen LogP contribution in [0.2, 0.25) is 0 Å². The first-order valence-electron chi connectivity index (χ1n) is 13.4. The second kappa shape index (κ2) is 15.2. The van der Waals surface area contributed by atoms with E-state index in [4.69, 9.17) is 0 Å². The summed E-state index contributed by atoms with van der Waals surface area (Å²) in [6.07, 6.45) is 1.21. The molecule has 0 spiro atoms. The van der Waals surface area contributed by atoms with Crippen LogP contribution in [0.5, 0.6) is 0 Å². The van der Waals surface area contributed by atoms with E-state index in [0.29, 0.717) is 23.8 Å². The second-order valence-corrected chi connectivity index (χ2v) is 16.1. The van der Waals surface area contributed by atoms with E-state index in [1.54, 1.807) is 0 Å².